The lowest BCUT2D eigenvalue weighted by molar-refractivity contribution is -0.122. The minimum atomic E-state index is -0.384. The second-order valence-electron chi connectivity index (χ2n) is 6.48. The number of amides is 2. The van der Waals surface area contributed by atoms with Gasteiger partial charge in [0.2, 0.25) is 11.8 Å². The van der Waals surface area contributed by atoms with Crippen LogP contribution in [0.1, 0.15) is 17.7 Å². The highest BCUT2D eigenvalue weighted by atomic mass is 32.1. The first-order valence-electron chi connectivity index (χ1n) is 8.42. The number of aromatic nitrogens is 2. The largest absolute Gasteiger partial charge is 0.312 e. The maximum atomic E-state index is 12.6. The average molecular weight is 366 g/mol. The number of pyridine rings is 1. The Morgan fingerprint density at radius 1 is 1.23 bits per heavy atom. The van der Waals surface area contributed by atoms with E-state index in [9.17, 15) is 9.59 Å². The summed E-state index contributed by atoms with van der Waals surface area (Å²) in [7, 11) is 0. The molecule has 4 rings (SSSR count). The number of aryl methyl sites for hydroxylation is 2. The number of rotatable bonds is 3. The van der Waals surface area contributed by atoms with Crippen LogP contribution in [0, 0.1) is 19.8 Å². The summed E-state index contributed by atoms with van der Waals surface area (Å²) in [5, 5.41) is 3.39. The molecule has 1 saturated heterocycles. The summed E-state index contributed by atoms with van der Waals surface area (Å²) in [6.45, 7) is 4.32. The zero-order chi connectivity index (χ0) is 18.3. The van der Waals surface area contributed by atoms with E-state index in [1.54, 1.807) is 4.90 Å². The molecule has 1 aliphatic heterocycles. The molecule has 3 heterocycles. The first-order valence-corrected chi connectivity index (χ1v) is 9.24. The molecule has 26 heavy (non-hydrogen) atoms. The van der Waals surface area contributed by atoms with Crippen molar-refractivity contribution >= 4 is 44.3 Å². The van der Waals surface area contributed by atoms with E-state index in [2.05, 4.69) is 15.3 Å². The second-order valence-corrected chi connectivity index (χ2v) is 7.48. The number of fused-ring (bicyclic) bond motifs is 1. The lowest BCUT2D eigenvalue weighted by Crippen LogP contribution is -2.28. The van der Waals surface area contributed by atoms with Gasteiger partial charge in [-0.15, -0.1) is 0 Å². The van der Waals surface area contributed by atoms with Crippen LogP contribution in [0.2, 0.25) is 0 Å². The fraction of sp³-hybridized carbons (Fsp3) is 0.263. The van der Waals surface area contributed by atoms with Gasteiger partial charge in [-0.3, -0.25) is 9.59 Å². The summed E-state index contributed by atoms with van der Waals surface area (Å²) in [5.41, 5.74) is 3.47. The number of carbonyl (C=O) groups excluding carboxylic acids is 2. The average Bonchev–Trinajstić information content (AvgIpc) is 3.19. The minimum absolute atomic E-state index is 0.0335. The van der Waals surface area contributed by atoms with Crippen molar-refractivity contribution in [3.8, 4) is 0 Å². The molecule has 1 aliphatic rings. The number of anilines is 2. The molecule has 0 unspecified atom stereocenters. The molecule has 0 aliphatic carbocycles. The summed E-state index contributed by atoms with van der Waals surface area (Å²) >= 11 is 1.41. The number of nitrogens with zero attached hydrogens (tertiary/aromatic N) is 3. The van der Waals surface area contributed by atoms with E-state index in [1.165, 1.54) is 11.3 Å². The highest BCUT2D eigenvalue weighted by molar-refractivity contribution is 7.22. The molecular formula is C19H18N4O2S. The van der Waals surface area contributed by atoms with Gasteiger partial charge in [0.05, 0.1) is 10.6 Å². The van der Waals surface area contributed by atoms with E-state index in [1.807, 2.05) is 50.2 Å². The Bertz CT molecular complexity index is 999. The Hall–Kier alpha value is -2.80. The van der Waals surface area contributed by atoms with Gasteiger partial charge in [0.15, 0.2) is 10.8 Å². The standard InChI is InChI=1S/C19H18N4O2S/c1-11-8-12(2)20-17-16(11)26-19(21-17)22-18(25)13-9-15(24)23(10-13)14-6-4-3-5-7-14/h3-8,13H,9-10H2,1-2H3,(H,20,21,22,25)/t13-/m0/s1. The van der Waals surface area contributed by atoms with Crippen molar-refractivity contribution in [1.29, 1.82) is 0 Å². The quantitative estimate of drug-likeness (QED) is 0.772. The van der Waals surface area contributed by atoms with Gasteiger partial charge < -0.3 is 10.2 Å². The van der Waals surface area contributed by atoms with Crippen molar-refractivity contribution in [2.45, 2.75) is 20.3 Å². The lowest BCUT2D eigenvalue weighted by Gasteiger charge is -2.16. The molecule has 1 aromatic carbocycles. The Kier molecular flexibility index (Phi) is 4.16. The molecule has 0 radical (unpaired) electrons. The third-order valence-corrected chi connectivity index (χ3v) is 5.56. The maximum Gasteiger partial charge on any atom is 0.231 e. The van der Waals surface area contributed by atoms with E-state index in [0.717, 1.165) is 21.6 Å². The van der Waals surface area contributed by atoms with Gasteiger partial charge in [0, 0.05) is 24.3 Å². The van der Waals surface area contributed by atoms with Crippen molar-refractivity contribution in [2.24, 2.45) is 5.92 Å². The normalized spacial score (nSPS) is 17.1. The van der Waals surface area contributed by atoms with Crippen molar-refractivity contribution in [2.75, 3.05) is 16.8 Å². The molecule has 2 aromatic heterocycles. The van der Waals surface area contributed by atoms with Crippen LogP contribution >= 0.6 is 11.3 Å². The summed E-state index contributed by atoms with van der Waals surface area (Å²) < 4.78 is 0.972. The molecule has 0 bridgehead atoms. The zero-order valence-electron chi connectivity index (χ0n) is 14.5. The van der Waals surface area contributed by atoms with Crippen LogP contribution in [0.4, 0.5) is 10.8 Å². The fourth-order valence-corrected chi connectivity index (χ4v) is 4.10. The number of carbonyl (C=O) groups is 2. The Balaban J connectivity index is 1.50. The maximum absolute atomic E-state index is 12.6. The van der Waals surface area contributed by atoms with Crippen molar-refractivity contribution in [3.05, 3.63) is 47.7 Å². The van der Waals surface area contributed by atoms with Crippen LogP contribution in [-0.2, 0) is 9.59 Å². The van der Waals surface area contributed by atoms with Gasteiger partial charge >= 0.3 is 0 Å². The van der Waals surface area contributed by atoms with Gasteiger partial charge in [0.25, 0.3) is 0 Å². The smallest absolute Gasteiger partial charge is 0.231 e. The van der Waals surface area contributed by atoms with Gasteiger partial charge in [-0.25, -0.2) is 4.98 Å². The fourth-order valence-electron chi connectivity index (χ4n) is 3.22. The number of nitrogens with one attached hydrogen (secondary N) is 1. The highest BCUT2D eigenvalue weighted by Crippen LogP contribution is 2.30. The van der Waals surface area contributed by atoms with Crippen molar-refractivity contribution in [1.82, 2.24) is 9.97 Å². The molecule has 0 spiro atoms. The molecule has 6 nitrogen and oxygen atoms in total. The van der Waals surface area contributed by atoms with E-state index in [4.69, 9.17) is 0 Å². The van der Waals surface area contributed by atoms with Gasteiger partial charge in [-0.2, -0.15) is 4.98 Å². The lowest BCUT2D eigenvalue weighted by atomic mass is 10.1. The molecule has 0 saturated carbocycles. The van der Waals surface area contributed by atoms with Crippen LogP contribution in [0.5, 0.6) is 0 Å². The summed E-state index contributed by atoms with van der Waals surface area (Å²) in [5.74, 6) is -0.593. The first-order chi connectivity index (χ1) is 12.5. The topological polar surface area (TPSA) is 75.2 Å². The number of para-hydroxylation sites is 1. The van der Waals surface area contributed by atoms with Crippen LogP contribution in [-0.4, -0.2) is 28.3 Å². The molecule has 1 fully saturated rings. The molecule has 1 N–H and O–H groups in total. The number of benzene rings is 1. The second kappa shape index (κ2) is 6.49. The predicted octanol–water partition coefficient (Wildman–Crippen LogP) is 3.30. The van der Waals surface area contributed by atoms with Crippen LogP contribution in [0.3, 0.4) is 0 Å². The molecule has 3 aromatic rings. The molecule has 132 valence electrons. The van der Waals surface area contributed by atoms with Crippen LogP contribution < -0.4 is 10.2 Å². The molecule has 2 amide bonds. The summed E-state index contributed by atoms with van der Waals surface area (Å²) in [6, 6.07) is 11.4. The predicted molar refractivity (Wildman–Crippen MR) is 102 cm³/mol. The summed E-state index contributed by atoms with van der Waals surface area (Å²) in [6.07, 6.45) is 0.210. The Morgan fingerprint density at radius 2 is 2.00 bits per heavy atom. The number of hydrogen-bond acceptors (Lipinski definition) is 5. The number of thiazole rings is 1. The van der Waals surface area contributed by atoms with Gasteiger partial charge in [-0.1, -0.05) is 29.5 Å². The molecule has 1 atom stereocenters. The SMILES string of the molecule is Cc1cc(C)c2sc(NC(=O)[C@H]3CC(=O)N(c4ccccc4)C3)nc2n1. The monoisotopic (exact) mass is 366 g/mol. The van der Waals surface area contributed by atoms with E-state index in [-0.39, 0.29) is 24.2 Å². The van der Waals surface area contributed by atoms with Crippen LogP contribution in [0.25, 0.3) is 10.3 Å². The Morgan fingerprint density at radius 3 is 2.77 bits per heavy atom. The van der Waals surface area contributed by atoms with Crippen molar-refractivity contribution < 1.29 is 9.59 Å². The van der Waals surface area contributed by atoms with Crippen LogP contribution in [0.15, 0.2) is 36.4 Å². The zero-order valence-corrected chi connectivity index (χ0v) is 15.3. The van der Waals surface area contributed by atoms with Crippen molar-refractivity contribution in [3.63, 3.8) is 0 Å². The highest BCUT2D eigenvalue weighted by Gasteiger charge is 2.35. The first kappa shape index (κ1) is 16.7. The van der Waals surface area contributed by atoms with Gasteiger partial charge in [-0.05, 0) is 37.6 Å². The minimum Gasteiger partial charge on any atom is -0.312 e. The van der Waals surface area contributed by atoms with E-state index in [0.29, 0.717) is 17.3 Å². The molecule has 7 heteroatoms. The summed E-state index contributed by atoms with van der Waals surface area (Å²) in [4.78, 5) is 35.4. The molecular weight excluding hydrogens is 348 g/mol. The third-order valence-electron chi connectivity index (χ3n) is 4.47. The number of hydrogen-bond donors (Lipinski definition) is 1. The van der Waals surface area contributed by atoms with E-state index >= 15 is 0 Å². The third kappa shape index (κ3) is 3.06. The van der Waals surface area contributed by atoms with Gasteiger partial charge in [0.1, 0.15) is 0 Å². The van der Waals surface area contributed by atoms with E-state index < -0.39 is 0 Å². The Labute approximate surface area is 154 Å².